The molecule has 2 N–H and O–H groups in total. The maximum atomic E-state index is 6.12. The Morgan fingerprint density at radius 3 is 2.17 bits per heavy atom. The summed E-state index contributed by atoms with van der Waals surface area (Å²) in [7, 11) is 0. The van der Waals surface area contributed by atoms with Gasteiger partial charge in [0.25, 0.3) is 0 Å². The van der Waals surface area contributed by atoms with E-state index in [9.17, 15) is 0 Å². The van der Waals surface area contributed by atoms with Crippen LogP contribution in [-0.2, 0) is 4.74 Å². The molecule has 2 heteroatoms. The first kappa shape index (κ1) is 15.1. The minimum absolute atomic E-state index is 0.233. The third-order valence-electron chi connectivity index (χ3n) is 4.10. The lowest BCUT2D eigenvalue weighted by Gasteiger charge is -2.19. The Hall–Kier alpha value is -0.920. The van der Waals surface area contributed by atoms with E-state index in [4.69, 9.17) is 10.5 Å². The van der Waals surface area contributed by atoms with Crippen LogP contribution in [0.15, 0.2) is 23.8 Å². The molecule has 1 aliphatic rings. The van der Waals surface area contributed by atoms with Crippen LogP contribution in [0.5, 0.6) is 0 Å². The van der Waals surface area contributed by atoms with Crippen molar-refractivity contribution < 1.29 is 4.74 Å². The fourth-order valence-corrected chi connectivity index (χ4v) is 2.56. The van der Waals surface area contributed by atoms with E-state index in [0.717, 1.165) is 17.9 Å². The second-order valence-electron chi connectivity index (χ2n) is 7.32. The van der Waals surface area contributed by atoms with Crippen molar-refractivity contribution in [3.05, 3.63) is 23.8 Å². The largest absolute Gasteiger partial charge is 0.468 e. The monoisotopic (exact) mass is 251 g/mol. The van der Waals surface area contributed by atoms with Crippen molar-refractivity contribution in [3.8, 4) is 0 Å². The van der Waals surface area contributed by atoms with Crippen LogP contribution in [0.1, 0.15) is 54.9 Å². The highest BCUT2D eigenvalue weighted by Gasteiger charge is 2.55. The molecule has 0 aromatic heterocycles. The molecule has 104 valence electrons. The van der Waals surface area contributed by atoms with Crippen LogP contribution in [0.25, 0.3) is 0 Å². The summed E-state index contributed by atoms with van der Waals surface area (Å²) in [4.78, 5) is 0. The van der Waals surface area contributed by atoms with Gasteiger partial charge < -0.3 is 10.5 Å². The molecule has 0 aromatic carbocycles. The van der Waals surface area contributed by atoms with Crippen molar-refractivity contribution in [2.45, 2.75) is 54.9 Å². The molecule has 0 radical (unpaired) electrons. The second kappa shape index (κ2) is 4.99. The van der Waals surface area contributed by atoms with Gasteiger partial charge in [0.15, 0.2) is 0 Å². The molecule has 0 bridgehead atoms. The van der Waals surface area contributed by atoms with Gasteiger partial charge in [-0.3, -0.25) is 0 Å². The van der Waals surface area contributed by atoms with Crippen LogP contribution in [0.2, 0.25) is 0 Å². The van der Waals surface area contributed by atoms with Gasteiger partial charge in [-0.15, -0.1) is 0 Å². The molecule has 1 fully saturated rings. The molecule has 0 spiro atoms. The number of hydrogen-bond acceptors (Lipinski definition) is 2. The van der Waals surface area contributed by atoms with Gasteiger partial charge >= 0.3 is 0 Å². The van der Waals surface area contributed by atoms with E-state index in [0.29, 0.717) is 17.3 Å². The number of rotatable bonds is 4. The predicted molar refractivity (Wildman–Crippen MR) is 77.6 cm³/mol. The topological polar surface area (TPSA) is 35.2 Å². The third-order valence-corrected chi connectivity index (χ3v) is 4.10. The highest BCUT2D eigenvalue weighted by atomic mass is 16.5. The highest BCUT2D eigenvalue weighted by Crippen LogP contribution is 2.60. The van der Waals surface area contributed by atoms with Crippen LogP contribution in [0.4, 0.5) is 0 Å². The Labute approximate surface area is 112 Å². The van der Waals surface area contributed by atoms with Crippen molar-refractivity contribution in [2.75, 3.05) is 0 Å². The Morgan fingerprint density at radius 2 is 1.83 bits per heavy atom. The van der Waals surface area contributed by atoms with Crippen LogP contribution < -0.4 is 5.73 Å². The van der Waals surface area contributed by atoms with E-state index in [2.05, 4.69) is 41.5 Å². The molecule has 18 heavy (non-hydrogen) atoms. The zero-order chi connectivity index (χ0) is 14.1. The molecule has 0 aromatic rings. The van der Waals surface area contributed by atoms with Crippen LogP contribution in [0, 0.1) is 22.7 Å². The van der Waals surface area contributed by atoms with E-state index < -0.39 is 0 Å². The average molecular weight is 251 g/mol. The van der Waals surface area contributed by atoms with Crippen molar-refractivity contribution in [3.63, 3.8) is 0 Å². The summed E-state index contributed by atoms with van der Waals surface area (Å²) in [6, 6.07) is 0. The van der Waals surface area contributed by atoms with Gasteiger partial charge in [0.2, 0.25) is 0 Å². The molecule has 2 unspecified atom stereocenters. The Bertz CT molecular complexity index is 358. The Morgan fingerprint density at radius 1 is 1.33 bits per heavy atom. The van der Waals surface area contributed by atoms with Gasteiger partial charge in [-0.25, -0.2) is 0 Å². The maximum absolute atomic E-state index is 6.12. The number of hydrogen-bond donors (Lipinski definition) is 1. The maximum Gasteiger partial charge on any atom is 0.110 e. The fraction of sp³-hybridized carbons (Fsp3) is 0.750. The van der Waals surface area contributed by atoms with E-state index in [1.54, 1.807) is 6.26 Å². The van der Waals surface area contributed by atoms with Crippen LogP contribution in [-0.4, -0.2) is 0 Å². The number of ether oxygens (including phenoxy) is 1. The zero-order valence-electron chi connectivity index (χ0n) is 13.0. The molecule has 0 saturated heterocycles. The van der Waals surface area contributed by atoms with Crippen molar-refractivity contribution >= 4 is 0 Å². The lowest BCUT2D eigenvalue weighted by Crippen LogP contribution is -2.09. The number of nitrogens with two attached hydrogens (primary N) is 1. The third kappa shape index (κ3) is 3.54. The normalized spacial score (nSPS) is 28.2. The molecule has 0 aliphatic heterocycles. The smallest absolute Gasteiger partial charge is 0.110 e. The summed E-state index contributed by atoms with van der Waals surface area (Å²) in [5, 5.41) is 0. The van der Waals surface area contributed by atoms with Gasteiger partial charge in [-0.05, 0) is 29.7 Å². The van der Waals surface area contributed by atoms with E-state index >= 15 is 0 Å². The zero-order valence-corrected chi connectivity index (χ0v) is 13.0. The average Bonchev–Trinajstić information content (AvgIpc) is 2.71. The first-order chi connectivity index (χ1) is 8.09. The number of allylic oxidation sites excluding steroid dienone is 3. The van der Waals surface area contributed by atoms with Crippen molar-refractivity contribution in [1.82, 2.24) is 0 Å². The summed E-state index contributed by atoms with van der Waals surface area (Å²) in [6.07, 6.45) is 4.70. The Balaban J connectivity index is 2.59. The molecule has 0 heterocycles. The summed E-state index contributed by atoms with van der Waals surface area (Å²) in [5.74, 6) is 2.11. The summed E-state index contributed by atoms with van der Waals surface area (Å²) >= 11 is 0. The van der Waals surface area contributed by atoms with Gasteiger partial charge in [0.1, 0.15) is 6.26 Å². The lowest BCUT2D eigenvalue weighted by molar-refractivity contribution is 0.271. The standard InChI is InChI=1S/C16H29NO/c1-8-12(9-15(3,4)5)18-10-13(17)14-11(2)16(14,6)7/h8,10-11,14H,9,17H2,1-7H3/b12-8-,13-10-. The van der Waals surface area contributed by atoms with Gasteiger partial charge in [-0.2, -0.15) is 0 Å². The molecule has 0 amide bonds. The minimum atomic E-state index is 0.233. The van der Waals surface area contributed by atoms with Gasteiger partial charge in [-0.1, -0.05) is 41.5 Å². The van der Waals surface area contributed by atoms with Gasteiger partial charge in [0, 0.05) is 18.0 Å². The van der Waals surface area contributed by atoms with E-state index in [1.807, 2.05) is 13.0 Å². The van der Waals surface area contributed by atoms with Crippen LogP contribution in [0.3, 0.4) is 0 Å². The van der Waals surface area contributed by atoms with Crippen LogP contribution >= 0.6 is 0 Å². The second-order valence-corrected chi connectivity index (χ2v) is 7.32. The molecular weight excluding hydrogens is 222 g/mol. The quantitative estimate of drug-likeness (QED) is 0.750. The van der Waals surface area contributed by atoms with Gasteiger partial charge in [0.05, 0.1) is 5.76 Å². The Kier molecular flexibility index (Phi) is 4.19. The predicted octanol–water partition coefficient (Wildman–Crippen LogP) is 4.44. The van der Waals surface area contributed by atoms with E-state index in [1.165, 1.54) is 0 Å². The first-order valence-corrected chi connectivity index (χ1v) is 6.87. The molecule has 1 saturated carbocycles. The summed E-state index contributed by atoms with van der Waals surface area (Å²) in [6.45, 7) is 15.4. The van der Waals surface area contributed by atoms with E-state index in [-0.39, 0.29) is 5.41 Å². The summed E-state index contributed by atoms with van der Waals surface area (Å²) < 4.78 is 5.75. The molecular formula is C16H29NO. The van der Waals surface area contributed by atoms with Crippen molar-refractivity contribution in [2.24, 2.45) is 28.4 Å². The molecule has 2 atom stereocenters. The SMILES string of the molecule is C/C=C(/CC(C)(C)C)O/C=C(\N)C1C(C)C1(C)C. The van der Waals surface area contributed by atoms with Crippen molar-refractivity contribution in [1.29, 1.82) is 0 Å². The minimum Gasteiger partial charge on any atom is -0.468 e. The molecule has 1 aliphatic carbocycles. The lowest BCUT2D eigenvalue weighted by atomic mass is 9.91. The first-order valence-electron chi connectivity index (χ1n) is 6.87. The fourth-order valence-electron chi connectivity index (χ4n) is 2.56. The highest BCUT2D eigenvalue weighted by molar-refractivity contribution is 5.19. The molecule has 1 rings (SSSR count). The molecule has 2 nitrogen and oxygen atoms in total. The summed E-state index contributed by atoms with van der Waals surface area (Å²) in [5.41, 5.74) is 7.55.